The minimum Gasteiger partial charge on any atom is -0.349 e. The van der Waals surface area contributed by atoms with E-state index < -0.39 is 10.0 Å². The molecule has 5 nitrogen and oxygen atoms in total. The van der Waals surface area contributed by atoms with E-state index in [4.69, 9.17) is 0 Å². The largest absolute Gasteiger partial charge is 0.349 e. The van der Waals surface area contributed by atoms with E-state index in [0.717, 1.165) is 22.3 Å². The summed E-state index contributed by atoms with van der Waals surface area (Å²) >= 11 is 0. The molecule has 30 heavy (non-hydrogen) atoms. The Morgan fingerprint density at radius 1 is 1.07 bits per heavy atom. The zero-order valence-electron chi connectivity index (χ0n) is 17.9. The van der Waals surface area contributed by atoms with Crippen LogP contribution in [0, 0.1) is 32.5 Å². The molecule has 162 valence electrons. The second-order valence-electron chi connectivity index (χ2n) is 8.19. The van der Waals surface area contributed by atoms with Gasteiger partial charge in [-0.3, -0.25) is 4.79 Å². The van der Waals surface area contributed by atoms with E-state index in [1.54, 1.807) is 12.1 Å². The number of nitrogens with one attached hydrogen (secondary N) is 1. The molecule has 1 fully saturated rings. The van der Waals surface area contributed by atoms with Crippen LogP contribution in [0.15, 0.2) is 41.3 Å². The number of carbonyl (C=O) groups excluding carboxylic acids is 1. The van der Waals surface area contributed by atoms with E-state index in [1.165, 1.54) is 16.4 Å². The SMILES string of the molecule is Cc1cc(C)c(S(=O)(=O)N2CCC(C(=O)N[C@H](C)c3ccc(F)cc3)CC2)c(C)c1. The molecule has 0 radical (unpaired) electrons. The first-order valence-corrected chi connectivity index (χ1v) is 11.7. The Kier molecular flexibility index (Phi) is 6.62. The predicted molar refractivity (Wildman–Crippen MR) is 115 cm³/mol. The molecule has 1 aliphatic rings. The summed E-state index contributed by atoms with van der Waals surface area (Å²) in [5.41, 5.74) is 3.37. The van der Waals surface area contributed by atoms with Gasteiger partial charge >= 0.3 is 0 Å². The van der Waals surface area contributed by atoms with Crippen molar-refractivity contribution >= 4 is 15.9 Å². The number of hydrogen-bond acceptors (Lipinski definition) is 3. The highest BCUT2D eigenvalue weighted by molar-refractivity contribution is 7.89. The Hall–Kier alpha value is -2.25. The van der Waals surface area contributed by atoms with Gasteiger partial charge < -0.3 is 5.32 Å². The van der Waals surface area contributed by atoms with E-state index in [0.29, 0.717) is 30.8 Å². The Morgan fingerprint density at radius 3 is 2.13 bits per heavy atom. The van der Waals surface area contributed by atoms with Crippen LogP contribution in [0.2, 0.25) is 0 Å². The van der Waals surface area contributed by atoms with Crippen molar-refractivity contribution in [3.8, 4) is 0 Å². The van der Waals surface area contributed by atoms with E-state index in [9.17, 15) is 17.6 Å². The molecule has 3 rings (SSSR count). The molecule has 0 aromatic heterocycles. The monoisotopic (exact) mass is 432 g/mol. The van der Waals surface area contributed by atoms with E-state index in [1.807, 2.05) is 39.8 Å². The first-order valence-electron chi connectivity index (χ1n) is 10.2. The van der Waals surface area contributed by atoms with Crippen LogP contribution in [0.5, 0.6) is 0 Å². The van der Waals surface area contributed by atoms with Crippen LogP contribution in [0.25, 0.3) is 0 Å². The zero-order valence-corrected chi connectivity index (χ0v) is 18.7. The molecular formula is C23H29FN2O3S. The van der Waals surface area contributed by atoms with Gasteiger partial charge in [-0.1, -0.05) is 29.8 Å². The van der Waals surface area contributed by atoms with Gasteiger partial charge in [0.05, 0.1) is 10.9 Å². The quantitative estimate of drug-likeness (QED) is 0.776. The summed E-state index contributed by atoms with van der Waals surface area (Å²) in [6.07, 6.45) is 0.955. The van der Waals surface area contributed by atoms with Crippen molar-refractivity contribution in [2.24, 2.45) is 5.92 Å². The van der Waals surface area contributed by atoms with Gasteiger partial charge in [0.2, 0.25) is 15.9 Å². The fourth-order valence-corrected chi connectivity index (χ4v) is 6.11. The lowest BCUT2D eigenvalue weighted by Gasteiger charge is -2.32. The molecule has 0 bridgehead atoms. The number of rotatable bonds is 5. The average molecular weight is 433 g/mol. The number of halogens is 1. The van der Waals surface area contributed by atoms with Crippen LogP contribution in [0.1, 0.15) is 48.1 Å². The molecule has 0 aliphatic carbocycles. The number of amides is 1. The molecule has 2 aromatic carbocycles. The van der Waals surface area contributed by atoms with Gasteiger partial charge in [0.15, 0.2) is 0 Å². The van der Waals surface area contributed by atoms with E-state index >= 15 is 0 Å². The maximum Gasteiger partial charge on any atom is 0.243 e. The van der Waals surface area contributed by atoms with Gasteiger partial charge in [-0.25, -0.2) is 12.8 Å². The molecule has 0 unspecified atom stereocenters. The van der Waals surface area contributed by atoms with Crippen molar-refractivity contribution in [1.29, 1.82) is 0 Å². The number of benzene rings is 2. The molecule has 0 saturated carbocycles. The van der Waals surface area contributed by atoms with Gasteiger partial charge in [0, 0.05) is 19.0 Å². The van der Waals surface area contributed by atoms with Gasteiger partial charge in [-0.2, -0.15) is 4.31 Å². The molecule has 7 heteroatoms. The van der Waals surface area contributed by atoms with Crippen molar-refractivity contribution in [3.63, 3.8) is 0 Å². The summed E-state index contributed by atoms with van der Waals surface area (Å²) in [4.78, 5) is 13.0. The molecule has 1 heterocycles. The topological polar surface area (TPSA) is 66.5 Å². The third-order valence-corrected chi connectivity index (χ3v) is 7.96. The van der Waals surface area contributed by atoms with Crippen molar-refractivity contribution < 1.29 is 17.6 Å². The molecule has 0 spiro atoms. The lowest BCUT2D eigenvalue weighted by atomic mass is 9.96. The van der Waals surface area contributed by atoms with Crippen molar-refractivity contribution in [2.45, 2.75) is 51.5 Å². The van der Waals surface area contributed by atoms with E-state index in [-0.39, 0.29) is 23.7 Å². The molecule has 1 amide bonds. The molecule has 1 aliphatic heterocycles. The third-order valence-electron chi connectivity index (χ3n) is 5.76. The summed E-state index contributed by atoms with van der Waals surface area (Å²) in [6, 6.07) is 9.59. The van der Waals surface area contributed by atoms with Gasteiger partial charge in [0.1, 0.15) is 5.82 Å². The minimum absolute atomic E-state index is 0.0911. The summed E-state index contributed by atoms with van der Waals surface area (Å²) in [5.74, 6) is -0.643. The highest BCUT2D eigenvalue weighted by Crippen LogP contribution is 2.29. The summed E-state index contributed by atoms with van der Waals surface area (Å²) in [5, 5.41) is 2.97. The Balaban J connectivity index is 1.64. The smallest absolute Gasteiger partial charge is 0.243 e. The number of piperidine rings is 1. The Bertz CT molecular complexity index is 1000. The van der Waals surface area contributed by atoms with Crippen molar-refractivity contribution in [2.75, 3.05) is 13.1 Å². The van der Waals surface area contributed by atoms with Crippen LogP contribution < -0.4 is 5.32 Å². The summed E-state index contributed by atoms with van der Waals surface area (Å²) in [7, 11) is -3.59. The van der Waals surface area contributed by atoms with Gasteiger partial charge in [0.25, 0.3) is 0 Å². The Morgan fingerprint density at radius 2 is 1.60 bits per heavy atom. The molecule has 1 atom stereocenters. The lowest BCUT2D eigenvalue weighted by Crippen LogP contribution is -2.43. The normalized spacial score (nSPS) is 17.0. The van der Waals surface area contributed by atoms with Crippen LogP contribution in [-0.4, -0.2) is 31.7 Å². The van der Waals surface area contributed by atoms with Gasteiger partial charge in [-0.05, 0) is 69.4 Å². The fraction of sp³-hybridized carbons (Fsp3) is 0.435. The first kappa shape index (κ1) is 22.4. The minimum atomic E-state index is -3.59. The number of sulfonamides is 1. The number of hydrogen-bond donors (Lipinski definition) is 1. The molecule has 2 aromatic rings. The predicted octanol–water partition coefficient (Wildman–Crippen LogP) is 4.03. The number of aryl methyl sites for hydroxylation is 3. The number of carbonyl (C=O) groups is 1. The lowest BCUT2D eigenvalue weighted by molar-refractivity contribution is -0.126. The maximum absolute atomic E-state index is 13.2. The molecular weight excluding hydrogens is 403 g/mol. The third kappa shape index (κ3) is 4.73. The highest BCUT2D eigenvalue weighted by Gasteiger charge is 2.34. The van der Waals surface area contributed by atoms with Crippen molar-refractivity contribution in [1.82, 2.24) is 9.62 Å². The standard InChI is InChI=1S/C23H29FN2O3S/c1-15-13-16(2)22(17(3)14-15)30(28,29)26-11-9-20(10-12-26)23(27)25-18(4)19-5-7-21(24)8-6-19/h5-8,13-14,18,20H,9-12H2,1-4H3,(H,25,27)/t18-/m1/s1. The second kappa shape index (κ2) is 8.86. The van der Waals surface area contributed by atoms with Crippen LogP contribution in [0.3, 0.4) is 0 Å². The van der Waals surface area contributed by atoms with Gasteiger partial charge in [-0.15, -0.1) is 0 Å². The molecule has 1 saturated heterocycles. The Labute approximate surface area is 178 Å². The number of nitrogens with zero attached hydrogens (tertiary/aromatic N) is 1. The summed E-state index contributed by atoms with van der Waals surface area (Å²) in [6.45, 7) is 8.09. The maximum atomic E-state index is 13.2. The van der Waals surface area contributed by atoms with Crippen LogP contribution >= 0.6 is 0 Å². The van der Waals surface area contributed by atoms with Crippen LogP contribution in [-0.2, 0) is 14.8 Å². The average Bonchev–Trinajstić information content (AvgIpc) is 2.67. The second-order valence-corrected chi connectivity index (χ2v) is 10.1. The summed E-state index contributed by atoms with van der Waals surface area (Å²) < 4.78 is 41.0. The first-order chi connectivity index (χ1) is 14.1. The highest BCUT2D eigenvalue weighted by atomic mass is 32.2. The molecule has 1 N–H and O–H groups in total. The zero-order chi connectivity index (χ0) is 22.1. The van der Waals surface area contributed by atoms with Crippen LogP contribution in [0.4, 0.5) is 4.39 Å². The van der Waals surface area contributed by atoms with Crippen molar-refractivity contribution in [3.05, 3.63) is 64.5 Å². The van der Waals surface area contributed by atoms with E-state index in [2.05, 4.69) is 5.32 Å². The fourth-order valence-electron chi connectivity index (χ4n) is 4.23.